The molecule has 0 radical (unpaired) electrons. The van der Waals surface area contributed by atoms with Crippen LogP contribution in [0.3, 0.4) is 0 Å². The lowest BCUT2D eigenvalue weighted by molar-refractivity contribution is -0.385. The normalized spacial score (nSPS) is 11.0. The van der Waals surface area contributed by atoms with Gasteiger partial charge in [-0.15, -0.1) is 0 Å². The predicted octanol–water partition coefficient (Wildman–Crippen LogP) is 5.83. The molecular weight excluding hydrogens is 444 g/mol. The van der Waals surface area contributed by atoms with Gasteiger partial charge < -0.3 is 9.47 Å². The summed E-state index contributed by atoms with van der Waals surface area (Å²) in [5, 5.41) is 17.5. The maximum atomic E-state index is 10.7. The molecule has 9 heteroatoms. The zero-order chi connectivity index (χ0) is 23.2. The van der Waals surface area contributed by atoms with Crippen molar-refractivity contribution in [1.29, 1.82) is 0 Å². The fourth-order valence-electron chi connectivity index (χ4n) is 3.17. The number of hydrogen-bond donors (Lipinski definition) is 1. The average Bonchev–Trinajstić information content (AvgIpc) is 2.83. The van der Waals surface area contributed by atoms with Gasteiger partial charge in [-0.3, -0.25) is 15.5 Å². The quantitative estimate of drug-likeness (QED) is 0.201. The monoisotopic (exact) mass is 462 g/mol. The summed E-state index contributed by atoms with van der Waals surface area (Å²) in [6.45, 7) is 0.335. The van der Waals surface area contributed by atoms with Crippen LogP contribution < -0.4 is 14.9 Å². The van der Waals surface area contributed by atoms with Gasteiger partial charge in [0.2, 0.25) is 0 Å². The van der Waals surface area contributed by atoms with Crippen LogP contribution in [-0.2, 0) is 6.61 Å². The summed E-state index contributed by atoms with van der Waals surface area (Å²) in [5.74, 6) is 1.28. The summed E-state index contributed by atoms with van der Waals surface area (Å²) in [6.07, 6.45) is 2.68. The lowest BCUT2D eigenvalue weighted by atomic mass is 10.1. The lowest BCUT2D eigenvalue weighted by Gasteiger charge is -2.13. The molecular formula is C24H19ClN4O4. The molecule has 0 unspecified atom stereocenters. The van der Waals surface area contributed by atoms with E-state index in [9.17, 15) is 10.1 Å². The summed E-state index contributed by atoms with van der Waals surface area (Å²) in [4.78, 5) is 14.1. The first-order valence-corrected chi connectivity index (χ1v) is 10.3. The van der Waals surface area contributed by atoms with Gasteiger partial charge in [0, 0.05) is 6.07 Å². The molecule has 0 aliphatic carbocycles. The highest BCUT2D eigenvalue weighted by Gasteiger charge is 2.12. The van der Waals surface area contributed by atoms with Crippen molar-refractivity contribution in [2.24, 2.45) is 5.10 Å². The SMILES string of the molecule is COc1cc(/C=N/Nc2ccc([N+](=O)[O-])cn2)cc(Cl)c1OCc1ccc2ccccc2c1. The van der Waals surface area contributed by atoms with E-state index in [4.69, 9.17) is 21.1 Å². The third-order valence-electron chi connectivity index (χ3n) is 4.80. The van der Waals surface area contributed by atoms with E-state index in [0.29, 0.717) is 34.5 Å². The first-order chi connectivity index (χ1) is 16.0. The van der Waals surface area contributed by atoms with Gasteiger partial charge in [0.15, 0.2) is 11.5 Å². The van der Waals surface area contributed by atoms with Crippen molar-refractivity contribution >= 4 is 40.1 Å². The van der Waals surface area contributed by atoms with Crippen LogP contribution in [0.2, 0.25) is 5.02 Å². The number of nitrogens with zero attached hydrogens (tertiary/aromatic N) is 3. The molecule has 8 nitrogen and oxygen atoms in total. The average molecular weight is 463 g/mol. The highest BCUT2D eigenvalue weighted by molar-refractivity contribution is 6.32. The minimum Gasteiger partial charge on any atom is -0.493 e. The number of hydrazone groups is 1. The van der Waals surface area contributed by atoms with Gasteiger partial charge in [0.05, 0.1) is 23.3 Å². The molecule has 0 saturated carbocycles. The minimum absolute atomic E-state index is 0.0969. The number of anilines is 1. The van der Waals surface area contributed by atoms with Crippen molar-refractivity contribution in [3.05, 3.63) is 99.2 Å². The number of fused-ring (bicyclic) bond motifs is 1. The number of halogens is 1. The summed E-state index contributed by atoms with van der Waals surface area (Å²) in [6, 6.07) is 20.5. The smallest absolute Gasteiger partial charge is 0.287 e. The van der Waals surface area contributed by atoms with E-state index < -0.39 is 4.92 Å². The summed E-state index contributed by atoms with van der Waals surface area (Å²) >= 11 is 6.45. The van der Waals surface area contributed by atoms with Gasteiger partial charge in [0.25, 0.3) is 5.69 Å². The van der Waals surface area contributed by atoms with Gasteiger partial charge in [-0.2, -0.15) is 5.10 Å². The molecule has 0 atom stereocenters. The Morgan fingerprint density at radius 3 is 2.67 bits per heavy atom. The number of rotatable bonds is 8. The Labute approximate surface area is 194 Å². The van der Waals surface area contributed by atoms with Crippen molar-refractivity contribution < 1.29 is 14.4 Å². The van der Waals surface area contributed by atoms with E-state index in [2.05, 4.69) is 39.8 Å². The number of benzene rings is 3. The number of hydrogen-bond acceptors (Lipinski definition) is 7. The van der Waals surface area contributed by atoms with Crippen molar-refractivity contribution in [2.45, 2.75) is 6.61 Å². The van der Waals surface area contributed by atoms with E-state index in [0.717, 1.165) is 22.5 Å². The molecule has 4 rings (SSSR count). The van der Waals surface area contributed by atoms with Crippen LogP contribution in [0.4, 0.5) is 11.5 Å². The van der Waals surface area contributed by atoms with Crippen molar-refractivity contribution in [3.63, 3.8) is 0 Å². The molecule has 1 aromatic heterocycles. The van der Waals surface area contributed by atoms with E-state index >= 15 is 0 Å². The molecule has 166 valence electrons. The van der Waals surface area contributed by atoms with Crippen LogP contribution in [-0.4, -0.2) is 23.2 Å². The van der Waals surface area contributed by atoms with Crippen molar-refractivity contribution in [3.8, 4) is 11.5 Å². The molecule has 0 saturated heterocycles. The summed E-state index contributed by atoms with van der Waals surface area (Å²) in [5.41, 5.74) is 4.30. The zero-order valence-electron chi connectivity index (χ0n) is 17.6. The van der Waals surface area contributed by atoms with E-state index in [-0.39, 0.29) is 5.69 Å². The van der Waals surface area contributed by atoms with Crippen LogP contribution in [0.1, 0.15) is 11.1 Å². The maximum Gasteiger partial charge on any atom is 0.287 e. The standard InChI is InChI=1S/C24H19ClN4O4/c1-32-22-12-17(13-27-28-23-9-8-20(14-26-23)29(30)31)11-21(25)24(22)33-15-16-6-7-18-4-2-3-5-19(18)10-16/h2-14H,15H2,1H3,(H,26,28)/b27-13+. The number of nitrogens with one attached hydrogen (secondary N) is 1. The molecule has 0 amide bonds. The third-order valence-corrected chi connectivity index (χ3v) is 5.08. The van der Waals surface area contributed by atoms with Crippen LogP contribution >= 0.6 is 11.6 Å². The Balaban J connectivity index is 1.45. The maximum absolute atomic E-state index is 10.7. The molecule has 0 spiro atoms. The minimum atomic E-state index is -0.516. The Morgan fingerprint density at radius 2 is 1.94 bits per heavy atom. The van der Waals surface area contributed by atoms with Crippen molar-refractivity contribution in [2.75, 3.05) is 12.5 Å². The molecule has 1 N–H and O–H groups in total. The Bertz CT molecular complexity index is 1330. The molecule has 4 aromatic rings. The van der Waals surface area contributed by atoms with E-state index in [1.54, 1.807) is 12.1 Å². The number of aromatic nitrogens is 1. The van der Waals surface area contributed by atoms with Crippen LogP contribution in [0.15, 0.2) is 78.0 Å². The fraction of sp³-hybridized carbons (Fsp3) is 0.0833. The van der Waals surface area contributed by atoms with Crippen LogP contribution in [0.5, 0.6) is 11.5 Å². The van der Waals surface area contributed by atoms with E-state index in [1.807, 2.05) is 18.2 Å². The second kappa shape index (κ2) is 9.97. The highest BCUT2D eigenvalue weighted by Crippen LogP contribution is 2.36. The summed E-state index contributed by atoms with van der Waals surface area (Å²) in [7, 11) is 1.54. The molecule has 33 heavy (non-hydrogen) atoms. The molecule has 0 fully saturated rings. The van der Waals surface area contributed by atoms with Gasteiger partial charge in [-0.1, -0.05) is 48.0 Å². The number of methoxy groups -OCH3 is 1. The molecule has 0 aliphatic rings. The van der Waals surface area contributed by atoms with Crippen LogP contribution in [0, 0.1) is 10.1 Å². The van der Waals surface area contributed by atoms with Gasteiger partial charge in [-0.25, -0.2) is 4.98 Å². The predicted molar refractivity (Wildman–Crippen MR) is 128 cm³/mol. The number of ether oxygens (including phenoxy) is 2. The fourth-order valence-corrected chi connectivity index (χ4v) is 3.45. The highest BCUT2D eigenvalue weighted by atomic mass is 35.5. The Morgan fingerprint density at radius 1 is 1.12 bits per heavy atom. The van der Waals surface area contributed by atoms with Gasteiger partial charge in [0.1, 0.15) is 18.6 Å². The molecule has 0 bridgehead atoms. The first-order valence-electron chi connectivity index (χ1n) is 9.91. The summed E-state index contributed by atoms with van der Waals surface area (Å²) < 4.78 is 11.4. The van der Waals surface area contributed by atoms with Gasteiger partial charge >= 0.3 is 0 Å². The first kappa shape index (κ1) is 22.0. The van der Waals surface area contributed by atoms with Gasteiger partial charge in [-0.05, 0) is 46.2 Å². The Hall–Kier alpha value is -4.17. The van der Waals surface area contributed by atoms with E-state index in [1.165, 1.54) is 25.5 Å². The topological polar surface area (TPSA) is 98.9 Å². The second-order valence-corrected chi connectivity index (χ2v) is 7.44. The molecule has 0 aliphatic heterocycles. The number of nitro groups is 1. The van der Waals surface area contributed by atoms with Crippen LogP contribution in [0.25, 0.3) is 10.8 Å². The lowest BCUT2D eigenvalue weighted by Crippen LogP contribution is -2.00. The second-order valence-electron chi connectivity index (χ2n) is 7.03. The zero-order valence-corrected chi connectivity index (χ0v) is 18.3. The third kappa shape index (κ3) is 5.36. The van der Waals surface area contributed by atoms with Crippen molar-refractivity contribution in [1.82, 2.24) is 4.98 Å². The largest absolute Gasteiger partial charge is 0.493 e. The molecule has 3 aromatic carbocycles. The Kier molecular flexibility index (Phi) is 6.66. The molecule has 1 heterocycles. The number of pyridine rings is 1.